The Morgan fingerprint density at radius 1 is 1.38 bits per heavy atom. The first-order valence-electron chi connectivity index (χ1n) is 10.2. The van der Waals surface area contributed by atoms with Gasteiger partial charge in [0.05, 0.1) is 12.3 Å². The van der Waals surface area contributed by atoms with Gasteiger partial charge in [0, 0.05) is 30.6 Å². The Bertz CT molecular complexity index is 1150. The SMILES string of the molecule is CC(C)NC(=O)O[C@H]1CO[C@@H](c2cc(Nc3nccn4nc(OCC(F)(F)F)cc34)n[nH]2)[C@@H]1F. The zero-order valence-corrected chi connectivity index (χ0v) is 18.0. The van der Waals surface area contributed by atoms with E-state index in [2.05, 4.69) is 35.7 Å². The summed E-state index contributed by atoms with van der Waals surface area (Å²) >= 11 is 0. The molecule has 1 aliphatic rings. The zero-order valence-electron chi connectivity index (χ0n) is 18.0. The van der Waals surface area contributed by atoms with Gasteiger partial charge in [-0.2, -0.15) is 18.3 Å². The van der Waals surface area contributed by atoms with Gasteiger partial charge in [-0.15, -0.1) is 5.10 Å². The van der Waals surface area contributed by atoms with Gasteiger partial charge in [0.1, 0.15) is 11.6 Å². The first-order chi connectivity index (χ1) is 16.1. The summed E-state index contributed by atoms with van der Waals surface area (Å²) in [5.74, 6) is 0.237. The van der Waals surface area contributed by atoms with Crippen LogP contribution in [0.4, 0.5) is 34.0 Å². The molecular weight excluding hydrogens is 466 g/mol. The third-order valence-electron chi connectivity index (χ3n) is 4.65. The van der Waals surface area contributed by atoms with Crippen molar-refractivity contribution in [1.29, 1.82) is 0 Å². The number of carbonyl (C=O) groups excluding carboxylic acids is 1. The van der Waals surface area contributed by atoms with Crippen molar-refractivity contribution in [3.63, 3.8) is 0 Å². The van der Waals surface area contributed by atoms with Crippen LogP contribution in [0.3, 0.4) is 0 Å². The predicted molar refractivity (Wildman–Crippen MR) is 109 cm³/mol. The van der Waals surface area contributed by atoms with E-state index in [1.165, 1.54) is 29.0 Å². The number of halogens is 4. The van der Waals surface area contributed by atoms with Gasteiger partial charge >= 0.3 is 12.3 Å². The lowest BCUT2D eigenvalue weighted by Gasteiger charge is -2.16. The number of alkyl carbamates (subject to hydrolysis) is 1. The molecular formula is C19H21F4N7O4. The molecule has 1 saturated heterocycles. The van der Waals surface area contributed by atoms with Gasteiger partial charge in [0.25, 0.3) is 0 Å². The van der Waals surface area contributed by atoms with Gasteiger partial charge < -0.3 is 24.8 Å². The molecule has 0 aromatic carbocycles. The van der Waals surface area contributed by atoms with Gasteiger partial charge in [-0.1, -0.05) is 0 Å². The number of nitrogens with one attached hydrogen (secondary N) is 3. The van der Waals surface area contributed by atoms with Crippen LogP contribution in [0, 0.1) is 0 Å². The van der Waals surface area contributed by atoms with Crippen molar-refractivity contribution in [3.8, 4) is 5.88 Å². The molecule has 0 bridgehead atoms. The molecule has 34 heavy (non-hydrogen) atoms. The Labute approximate surface area is 189 Å². The largest absolute Gasteiger partial charge is 0.467 e. The number of ether oxygens (including phenoxy) is 3. The first-order valence-corrected chi connectivity index (χ1v) is 10.2. The highest BCUT2D eigenvalue weighted by molar-refractivity contribution is 5.72. The third kappa shape index (κ3) is 5.47. The fourth-order valence-electron chi connectivity index (χ4n) is 3.23. The Balaban J connectivity index is 1.43. The number of carbonyl (C=O) groups is 1. The summed E-state index contributed by atoms with van der Waals surface area (Å²) in [6.45, 7) is 1.88. The molecule has 4 rings (SSSR count). The summed E-state index contributed by atoms with van der Waals surface area (Å²) < 4.78 is 68.5. The highest BCUT2D eigenvalue weighted by Gasteiger charge is 2.42. The number of H-pyrrole nitrogens is 1. The number of hydrogen-bond acceptors (Lipinski definition) is 8. The van der Waals surface area contributed by atoms with E-state index in [-0.39, 0.29) is 30.2 Å². The Morgan fingerprint density at radius 3 is 2.91 bits per heavy atom. The average Bonchev–Trinajstić information content (AvgIpc) is 3.45. The molecule has 1 fully saturated rings. The molecule has 3 atom stereocenters. The maximum absolute atomic E-state index is 14.8. The molecule has 0 unspecified atom stereocenters. The Kier molecular flexibility index (Phi) is 6.45. The summed E-state index contributed by atoms with van der Waals surface area (Å²) in [6.07, 6.45) is -6.17. The second-order valence-electron chi connectivity index (χ2n) is 7.77. The third-order valence-corrected chi connectivity index (χ3v) is 4.65. The topological polar surface area (TPSA) is 128 Å². The molecule has 3 aromatic heterocycles. The second-order valence-corrected chi connectivity index (χ2v) is 7.77. The van der Waals surface area contributed by atoms with E-state index in [4.69, 9.17) is 9.47 Å². The molecule has 3 aromatic rings. The molecule has 1 amide bonds. The minimum atomic E-state index is -4.50. The van der Waals surface area contributed by atoms with Crippen molar-refractivity contribution in [1.82, 2.24) is 30.1 Å². The van der Waals surface area contributed by atoms with Crippen LogP contribution in [0.15, 0.2) is 24.5 Å². The molecule has 0 aliphatic carbocycles. The summed E-state index contributed by atoms with van der Waals surface area (Å²) in [7, 11) is 0. The van der Waals surface area contributed by atoms with E-state index < -0.39 is 37.3 Å². The van der Waals surface area contributed by atoms with E-state index in [1.54, 1.807) is 13.8 Å². The number of nitrogens with zero attached hydrogens (tertiary/aromatic N) is 4. The molecule has 0 spiro atoms. The van der Waals surface area contributed by atoms with Gasteiger partial charge in [0.15, 0.2) is 30.5 Å². The molecule has 4 heterocycles. The number of rotatable bonds is 7. The lowest BCUT2D eigenvalue weighted by Crippen LogP contribution is -2.36. The maximum atomic E-state index is 14.8. The van der Waals surface area contributed by atoms with Crippen LogP contribution in [0.5, 0.6) is 5.88 Å². The van der Waals surface area contributed by atoms with Crippen LogP contribution in [0.1, 0.15) is 25.6 Å². The van der Waals surface area contributed by atoms with Gasteiger partial charge in [0.2, 0.25) is 5.88 Å². The van der Waals surface area contributed by atoms with E-state index in [0.717, 1.165) is 0 Å². The Morgan fingerprint density at radius 2 is 2.18 bits per heavy atom. The number of hydrogen-bond donors (Lipinski definition) is 3. The van der Waals surface area contributed by atoms with Crippen molar-refractivity contribution < 1.29 is 36.6 Å². The van der Waals surface area contributed by atoms with E-state index >= 15 is 0 Å². The number of aromatic nitrogens is 5. The summed E-state index contributed by atoms with van der Waals surface area (Å²) in [6, 6.07) is 2.61. The van der Waals surface area contributed by atoms with Crippen molar-refractivity contribution in [2.75, 3.05) is 18.5 Å². The number of alkyl halides is 4. The fourth-order valence-corrected chi connectivity index (χ4v) is 3.23. The molecule has 3 N–H and O–H groups in total. The molecule has 15 heteroatoms. The van der Waals surface area contributed by atoms with Crippen molar-refractivity contribution >= 4 is 23.2 Å². The fraction of sp³-hybridized carbons (Fsp3) is 0.474. The standard InChI is InChI=1S/C19H21F4N7O4/c1-9(2)25-18(31)34-12-7-32-16(15(12)20)10-5-13(28-27-10)26-17-11-6-14(33-8-19(21,22)23)29-30(11)4-3-24-17/h3-6,9,12,15-16H,7-8H2,1-2H3,(H,25,31)(H2,24,26,27,28)/t12-,15+,16-/m0/s1. The summed E-state index contributed by atoms with van der Waals surface area (Å²) in [4.78, 5) is 15.9. The second kappa shape index (κ2) is 9.32. The zero-order chi connectivity index (χ0) is 24.5. The van der Waals surface area contributed by atoms with Gasteiger partial charge in [-0.05, 0) is 13.8 Å². The van der Waals surface area contributed by atoms with Crippen molar-refractivity contribution in [3.05, 3.63) is 30.2 Å². The Hall–Kier alpha value is -3.62. The summed E-state index contributed by atoms with van der Waals surface area (Å²) in [5.41, 5.74) is 0.620. The number of fused-ring (bicyclic) bond motifs is 1. The predicted octanol–water partition coefficient (Wildman–Crippen LogP) is 3.05. The van der Waals surface area contributed by atoms with E-state index in [0.29, 0.717) is 11.2 Å². The maximum Gasteiger partial charge on any atom is 0.422 e. The lowest BCUT2D eigenvalue weighted by molar-refractivity contribution is -0.154. The smallest absolute Gasteiger partial charge is 0.422 e. The average molecular weight is 487 g/mol. The highest BCUT2D eigenvalue weighted by atomic mass is 19.4. The van der Waals surface area contributed by atoms with E-state index in [9.17, 15) is 22.4 Å². The highest BCUT2D eigenvalue weighted by Crippen LogP contribution is 2.34. The molecule has 0 saturated carbocycles. The minimum Gasteiger partial charge on any atom is -0.467 e. The number of amides is 1. The van der Waals surface area contributed by atoms with Gasteiger partial charge in [-0.25, -0.2) is 18.7 Å². The molecule has 184 valence electrons. The van der Waals surface area contributed by atoms with Crippen molar-refractivity contribution in [2.24, 2.45) is 0 Å². The monoisotopic (exact) mass is 487 g/mol. The van der Waals surface area contributed by atoms with Crippen molar-refractivity contribution in [2.45, 2.75) is 44.4 Å². The lowest BCUT2D eigenvalue weighted by atomic mass is 10.1. The molecule has 11 nitrogen and oxygen atoms in total. The molecule has 0 radical (unpaired) electrons. The molecule has 1 aliphatic heterocycles. The van der Waals surface area contributed by atoms with Crippen LogP contribution in [-0.2, 0) is 9.47 Å². The van der Waals surface area contributed by atoms with E-state index in [1.807, 2.05) is 0 Å². The van der Waals surface area contributed by atoms with Crippen LogP contribution in [0.25, 0.3) is 5.52 Å². The van der Waals surface area contributed by atoms with Gasteiger partial charge in [-0.3, -0.25) is 5.10 Å². The quantitative estimate of drug-likeness (QED) is 0.434. The van der Waals surface area contributed by atoms with Crippen LogP contribution < -0.4 is 15.4 Å². The van der Waals surface area contributed by atoms with Crippen LogP contribution in [-0.4, -0.2) is 68.6 Å². The normalized spacial score (nSPS) is 20.6. The van der Waals surface area contributed by atoms with Crippen LogP contribution >= 0.6 is 0 Å². The number of anilines is 2. The summed E-state index contributed by atoms with van der Waals surface area (Å²) in [5, 5.41) is 16.0. The number of aromatic amines is 1. The minimum absolute atomic E-state index is 0.128. The first kappa shape index (κ1) is 23.5. The van der Waals surface area contributed by atoms with Crippen LogP contribution in [0.2, 0.25) is 0 Å².